The van der Waals surface area contributed by atoms with Crippen LogP contribution >= 0.6 is 0 Å². The third kappa shape index (κ3) is 3.54. The second-order valence-electron chi connectivity index (χ2n) is 7.89. The summed E-state index contributed by atoms with van der Waals surface area (Å²) in [5, 5.41) is 2.63. The van der Waals surface area contributed by atoms with E-state index in [2.05, 4.69) is 5.32 Å². The number of imide groups is 1. The van der Waals surface area contributed by atoms with Crippen LogP contribution in [0.3, 0.4) is 0 Å². The van der Waals surface area contributed by atoms with Crippen LogP contribution in [0.25, 0.3) is 0 Å². The SMILES string of the molecule is CC1(C)NC(=O)N(CCCC(=O)N2CCC[C@H]2C(=O)N2CCCC2)C1=O. The Hall–Kier alpha value is -2.12. The van der Waals surface area contributed by atoms with Crippen LogP contribution in [-0.4, -0.2) is 76.2 Å². The predicted octanol–water partition coefficient (Wildman–Crippen LogP) is 0.710. The quantitative estimate of drug-likeness (QED) is 0.728. The largest absolute Gasteiger partial charge is 0.341 e. The molecular weight excluding hydrogens is 336 g/mol. The van der Waals surface area contributed by atoms with Crippen molar-refractivity contribution < 1.29 is 19.2 Å². The van der Waals surface area contributed by atoms with Crippen LogP contribution < -0.4 is 5.32 Å². The summed E-state index contributed by atoms with van der Waals surface area (Å²) in [6.45, 7) is 5.74. The molecule has 8 heteroatoms. The van der Waals surface area contributed by atoms with Gasteiger partial charge >= 0.3 is 6.03 Å². The highest BCUT2D eigenvalue weighted by atomic mass is 16.2. The number of carbonyl (C=O) groups is 4. The van der Waals surface area contributed by atoms with E-state index in [0.717, 1.165) is 38.8 Å². The lowest BCUT2D eigenvalue weighted by atomic mass is 10.1. The maximum absolute atomic E-state index is 12.6. The third-order valence-corrected chi connectivity index (χ3v) is 5.49. The molecule has 3 aliphatic rings. The van der Waals surface area contributed by atoms with Crippen LogP contribution in [-0.2, 0) is 14.4 Å². The molecule has 3 heterocycles. The minimum atomic E-state index is -0.886. The van der Waals surface area contributed by atoms with Crippen LogP contribution in [0, 0.1) is 0 Å². The molecule has 144 valence electrons. The van der Waals surface area contributed by atoms with Gasteiger partial charge in [-0.3, -0.25) is 19.3 Å². The van der Waals surface area contributed by atoms with Crippen LogP contribution in [0.1, 0.15) is 52.4 Å². The minimum Gasteiger partial charge on any atom is -0.341 e. The van der Waals surface area contributed by atoms with E-state index in [-0.39, 0.29) is 36.7 Å². The van der Waals surface area contributed by atoms with Gasteiger partial charge in [-0.05, 0) is 46.0 Å². The monoisotopic (exact) mass is 364 g/mol. The van der Waals surface area contributed by atoms with Gasteiger partial charge in [0.25, 0.3) is 5.91 Å². The van der Waals surface area contributed by atoms with E-state index in [1.54, 1.807) is 18.7 Å². The fraction of sp³-hybridized carbons (Fsp3) is 0.778. The van der Waals surface area contributed by atoms with Crippen LogP contribution in [0.4, 0.5) is 4.79 Å². The number of rotatable bonds is 5. The molecule has 3 aliphatic heterocycles. The van der Waals surface area contributed by atoms with Crippen LogP contribution in [0.2, 0.25) is 0 Å². The number of nitrogens with one attached hydrogen (secondary N) is 1. The molecule has 0 saturated carbocycles. The van der Waals surface area contributed by atoms with Gasteiger partial charge in [0.2, 0.25) is 11.8 Å². The Morgan fingerprint density at radius 2 is 1.81 bits per heavy atom. The number of amides is 5. The first kappa shape index (κ1) is 18.7. The van der Waals surface area contributed by atoms with Gasteiger partial charge in [0.15, 0.2) is 0 Å². The van der Waals surface area contributed by atoms with E-state index in [9.17, 15) is 19.2 Å². The molecule has 0 unspecified atom stereocenters. The molecule has 5 amide bonds. The van der Waals surface area contributed by atoms with Crippen molar-refractivity contribution in [3.63, 3.8) is 0 Å². The lowest BCUT2D eigenvalue weighted by molar-refractivity contribution is -0.143. The number of hydrogen-bond acceptors (Lipinski definition) is 4. The highest BCUT2D eigenvalue weighted by molar-refractivity contribution is 6.06. The average molecular weight is 364 g/mol. The molecule has 3 fully saturated rings. The van der Waals surface area contributed by atoms with Crippen molar-refractivity contribution in [1.82, 2.24) is 20.0 Å². The summed E-state index contributed by atoms with van der Waals surface area (Å²) in [6, 6.07) is -0.744. The number of likely N-dealkylation sites (tertiary alicyclic amines) is 2. The van der Waals surface area contributed by atoms with Gasteiger partial charge in [-0.1, -0.05) is 0 Å². The lowest BCUT2D eigenvalue weighted by Crippen LogP contribution is -2.47. The van der Waals surface area contributed by atoms with E-state index in [1.807, 2.05) is 4.90 Å². The summed E-state index contributed by atoms with van der Waals surface area (Å²) in [4.78, 5) is 54.0. The smallest absolute Gasteiger partial charge is 0.325 e. The van der Waals surface area contributed by atoms with Crippen LogP contribution in [0.5, 0.6) is 0 Å². The maximum Gasteiger partial charge on any atom is 0.325 e. The standard InChI is InChI=1S/C18H28N4O4/c1-18(2)16(25)22(17(26)19-18)12-6-8-14(23)21-11-5-7-13(21)15(24)20-9-3-4-10-20/h13H,3-12H2,1-2H3,(H,19,26)/t13-/m0/s1. The zero-order valence-electron chi connectivity index (χ0n) is 15.6. The Morgan fingerprint density at radius 3 is 2.42 bits per heavy atom. The Morgan fingerprint density at radius 1 is 1.12 bits per heavy atom. The molecule has 1 N–H and O–H groups in total. The Labute approximate surface area is 153 Å². The van der Waals surface area contributed by atoms with E-state index >= 15 is 0 Å². The lowest BCUT2D eigenvalue weighted by Gasteiger charge is -2.28. The molecule has 0 spiro atoms. The zero-order chi connectivity index (χ0) is 18.9. The van der Waals surface area contributed by atoms with Crippen molar-refractivity contribution in [3.8, 4) is 0 Å². The van der Waals surface area contributed by atoms with Gasteiger partial charge in [0, 0.05) is 32.6 Å². The summed E-state index contributed by atoms with van der Waals surface area (Å²) < 4.78 is 0. The highest BCUT2D eigenvalue weighted by Crippen LogP contribution is 2.23. The molecule has 0 radical (unpaired) electrons. The first-order valence-corrected chi connectivity index (χ1v) is 9.53. The zero-order valence-corrected chi connectivity index (χ0v) is 15.6. The number of hydrogen-bond donors (Lipinski definition) is 1. The second-order valence-corrected chi connectivity index (χ2v) is 7.89. The number of carbonyl (C=O) groups excluding carboxylic acids is 4. The van der Waals surface area contributed by atoms with Crippen molar-refractivity contribution in [1.29, 1.82) is 0 Å². The minimum absolute atomic E-state index is 0.0636. The molecule has 3 rings (SSSR count). The summed E-state index contributed by atoms with van der Waals surface area (Å²) in [7, 11) is 0. The third-order valence-electron chi connectivity index (χ3n) is 5.49. The first-order valence-electron chi connectivity index (χ1n) is 9.53. The molecule has 0 aromatic heterocycles. The van der Waals surface area contributed by atoms with Gasteiger partial charge in [0.1, 0.15) is 11.6 Å². The van der Waals surface area contributed by atoms with Gasteiger partial charge in [-0.25, -0.2) is 4.79 Å². The summed E-state index contributed by atoms with van der Waals surface area (Å²) in [5.74, 6) is -0.256. The average Bonchev–Trinajstić information content (AvgIpc) is 3.30. The van der Waals surface area contributed by atoms with Crippen molar-refractivity contribution >= 4 is 23.8 Å². The van der Waals surface area contributed by atoms with Gasteiger partial charge in [-0.15, -0.1) is 0 Å². The molecule has 0 bridgehead atoms. The summed E-state index contributed by atoms with van der Waals surface area (Å²) in [5.41, 5.74) is -0.886. The molecule has 0 aliphatic carbocycles. The molecule has 3 saturated heterocycles. The summed E-state index contributed by atoms with van der Waals surface area (Å²) in [6.07, 6.45) is 4.29. The van der Waals surface area contributed by atoms with Gasteiger partial charge in [-0.2, -0.15) is 0 Å². The second kappa shape index (κ2) is 7.25. The van der Waals surface area contributed by atoms with Crippen molar-refractivity contribution in [2.75, 3.05) is 26.2 Å². The first-order chi connectivity index (χ1) is 12.3. The Kier molecular flexibility index (Phi) is 5.20. The van der Waals surface area contributed by atoms with Gasteiger partial charge < -0.3 is 15.1 Å². The van der Waals surface area contributed by atoms with Gasteiger partial charge in [0.05, 0.1) is 0 Å². The predicted molar refractivity (Wildman–Crippen MR) is 94.1 cm³/mol. The fourth-order valence-electron chi connectivity index (χ4n) is 4.02. The van der Waals surface area contributed by atoms with E-state index in [4.69, 9.17) is 0 Å². The molecule has 0 aromatic carbocycles. The fourth-order valence-corrected chi connectivity index (χ4v) is 4.02. The topological polar surface area (TPSA) is 90.0 Å². The van der Waals surface area contributed by atoms with Crippen LogP contribution in [0.15, 0.2) is 0 Å². The molecule has 8 nitrogen and oxygen atoms in total. The number of nitrogens with zero attached hydrogens (tertiary/aromatic N) is 3. The normalized spacial score (nSPS) is 25.2. The van der Waals surface area contributed by atoms with E-state index in [1.165, 1.54) is 4.90 Å². The van der Waals surface area contributed by atoms with Crippen molar-refractivity contribution in [2.24, 2.45) is 0 Å². The van der Waals surface area contributed by atoms with E-state index in [0.29, 0.717) is 13.0 Å². The summed E-state index contributed by atoms with van der Waals surface area (Å²) >= 11 is 0. The molecule has 1 atom stereocenters. The maximum atomic E-state index is 12.6. The Balaban J connectivity index is 1.50. The molecule has 26 heavy (non-hydrogen) atoms. The van der Waals surface area contributed by atoms with Crippen molar-refractivity contribution in [2.45, 2.75) is 64.0 Å². The molecule has 0 aromatic rings. The number of urea groups is 1. The van der Waals surface area contributed by atoms with E-state index < -0.39 is 11.6 Å². The molecular formula is C18H28N4O4. The Bertz CT molecular complexity index is 612. The highest BCUT2D eigenvalue weighted by Gasteiger charge is 2.44. The van der Waals surface area contributed by atoms with Crippen molar-refractivity contribution in [3.05, 3.63) is 0 Å².